The Morgan fingerprint density at radius 3 is 2.00 bits per heavy atom. The molecule has 0 saturated heterocycles. The highest BCUT2D eigenvalue weighted by molar-refractivity contribution is 5.94. The van der Waals surface area contributed by atoms with E-state index in [1.807, 2.05) is 19.9 Å². The van der Waals surface area contributed by atoms with Crippen LogP contribution >= 0.6 is 0 Å². The van der Waals surface area contributed by atoms with E-state index in [0.29, 0.717) is 5.56 Å². The third-order valence-corrected chi connectivity index (χ3v) is 4.28. The predicted molar refractivity (Wildman–Crippen MR) is 121 cm³/mol. The van der Waals surface area contributed by atoms with Gasteiger partial charge in [-0.05, 0) is 54.0 Å². The number of carbonyl (C=O) groups is 4. The molecular weight excluding hydrogens is 412 g/mol. The van der Waals surface area contributed by atoms with Crippen molar-refractivity contribution in [3.05, 3.63) is 35.9 Å². The monoisotopic (exact) mass is 448 g/mol. The van der Waals surface area contributed by atoms with Gasteiger partial charge in [0.15, 0.2) is 0 Å². The number of nitrogens with two attached hydrogens (primary N) is 1. The summed E-state index contributed by atoms with van der Waals surface area (Å²) in [5, 5.41) is 5.29. The molecule has 178 valence electrons. The smallest absolute Gasteiger partial charge is 0.408 e. The van der Waals surface area contributed by atoms with Crippen LogP contribution in [0.5, 0.6) is 0 Å². The van der Waals surface area contributed by atoms with Gasteiger partial charge >= 0.3 is 6.09 Å². The second-order valence-corrected chi connectivity index (χ2v) is 9.19. The van der Waals surface area contributed by atoms with Gasteiger partial charge in [-0.25, -0.2) is 4.79 Å². The van der Waals surface area contributed by atoms with Gasteiger partial charge in [0.2, 0.25) is 17.7 Å². The average Bonchev–Trinajstić information content (AvgIpc) is 2.62. The SMILES string of the molecule is CC(C)NC(=O)C(c1ccccc1)N(C(=O)C(CC(N)=O)NC(=O)OC(C)(C)C)C(C)C. The summed E-state index contributed by atoms with van der Waals surface area (Å²) in [4.78, 5) is 52.1. The van der Waals surface area contributed by atoms with Gasteiger partial charge in [-0.1, -0.05) is 30.3 Å². The molecule has 1 aromatic carbocycles. The number of nitrogens with one attached hydrogen (secondary N) is 2. The van der Waals surface area contributed by atoms with Crippen LogP contribution in [-0.4, -0.2) is 52.4 Å². The van der Waals surface area contributed by atoms with E-state index in [2.05, 4.69) is 10.6 Å². The van der Waals surface area contributed by atoms with E-state index in [0.717, 1.165) is 0 Å². The van der Waals surface area contributed by atoms with Crippen LogP contribution in [0.1, 0.15) is 66.5 Å². The van der Waals surface area contributed by atoms with Crippen LogP contribution in [0.4, 0.5) is 4.79 Å². The van der Waals surface area contributed by atoms with E-state index >= 15 is 0 Å². The van der Waals surface area contributed by atoms with Crippen molar-refractivity contribution in [2.45, 2.75) is 84.7 Å². The minimum absolute atomic E-state index is 0.154. The Morgan fingerprint density at radius 2 is 1.56 bits per heavy atom. The molecule has 9 heteroatoms. The number of amides is 4. The van der Waals surface area contributed by atoms with Crippen molar-refractivity contribution in [3.63, 3.8) is 0 Å². The fourth-order valence-electron chi connectivity index (χ4n) is 3.15. The van der Waals surface area contributed by atoms with Crippen LogP contribution < -0.4 is 16.4 Å². The number of alkyl carbamates (subject to hydrolysis) is 1. The molecule has 0 heterocycles. The molecular formula is C23H36N4O5. The molecule has 32 heavy (non-hydrogen) atoms. The fourth-order valence-corrected chi connectivity index (χ4v) is 3.15. The highest BCUT2D eigenvalue weighted by Gasteiger charge is 2.38. The zero-order valence-corrected chi connectivity index (χ0v) is 20.0. The molecule has 1 rings (SSSR count). The van der Waals surface area contributed by atoms with Gasteiger partial charge in [0, 0.05) is 12.1 Å². The van der Waals surface area contributed by atoms with Crippen LogP contribution in [-0.2, 0) is 19.1 Å². The minimum atomic E-state index is -1.29. The maximum atomic E-state index is 13.6. The molecule has 4 N–H and O–H groups in total. The third kappa shape index (κ3) is 8.56. The van der Waals surface area contributed by atoms with E-state index < -0.39 is 48.1 Å². The number of benzene rings is 1. The zero-order valence-electron chi connectivity index (χ0n) is 20.0. The summed E-state index contributed by atoms with van der Waals surface area (Å²) in [6.07, 6.45) is -1.29. The van der Waals surface area contributed by atoms with Crippen molar-refractivity contribution in [2.75, 3.05) is 0 Å². The standard InChI is InChI=1S/C23H36N4O5/c1-14(2)25-20(29)19(16-11-9-8-10-12-16)27(15(3)4)21(30)17(13-18(24)28)26-22(31)32-23(5,6)7/h8-12,14-15,17,19H,13H2,1-7H3,(H2,24,28)(H,25,29)(H,26,31). The van der Waals surface area contributed by atoms with Crippen molar-refractivity contribution in [1.82, 2.24) is 15.5 Å². The van der Waals surface area contributed by atoms with Crippen molar-refractivity contribution in [3.8, 4) is 0 Å². The van der Waals surface area contributed by atoms with E-state index in [1.165, 1.54) is 4.90 Å². The van der Waals surface area contributed by atoms with Crippen molar-refractivity contribution >= 4 is 23.8 Å². The van der Waals surface area contributed by atoms with Gasteiger partial charge in [-0.15, -0.1) is 0 Å². The maximum absolute atomic E-state index is 13.6. The number of hydrogen-bond acceptors (Lipinski definition) is 5. The molecule has 0 aliphatic rings. The fraction of sp³-hybridized carbons (Fsp3) is 0.565. The first kappa shape index (κ1) is 26.9. The third-order valence-electron chi connectivity index (χ3n) is 4.28. The number of rotatable bonds is 9. The molecule has 0 aromatic heterocycles. The van der Waals surface area contributed by atoms with Crippen LogP contribution in [0.15, 0.2) is 30.3 Å². The van der Waals surface area contributed by atoms with Crippen molar-refractivity contribution in [2.24, 2.45) is 5.73 Å². The maximum Gasteiger partial charge on any atom is 0.408 e. The van der Waals surface area contributed by atoms with Crippen LogP contribution in [0.3, 0.4) is 0 Å². The van der Waals surface area contributed by atoms with Crippen molar-refractivity contribution in [1.29, 1.82) is 0 Å². The summed E-state index contributed by atoms with van der Waals surface area (Å²) in [6, 6.07) is 6.00. The van der Waals surface area contributed by atoms with Crippen LogP contribution in [0, 0.1) is 0 Å². The van der Waals surface area contributed by atoms with Gasteiger partial charge in [0.1, 0.15) is 17.7 Å². The summed E-state index contributed by atoms with van der Waals surface area (Å²) in [5.74, 6) is -1.76. The summed E-state index contributed by atoms with van der Waals surface area (Å²) < 4.78 is 5.23. The predicted octanol–water partition coefficient (Wildman–Crippen LogP) is 2.26. The second-order valence-electron chi connectivity index (χ2n) is 9.19. The first-order chi connectivity index (χ1) is 14.7. The molecule has 9 nitrogen and oxygen atoms in total. The Kier molecular flexibility index (Phi) is 9.68. The average molecular weight is 449 g/mol. The molecule has 0 radical (unpaired) electrons. The second kappa shape index (κ2) is 11.5. The molecule has 0 fully saturated rings. The lowest BCUT2D eigenvalue weighted by molar-refractivity contribution is -0.145. The Bertz CT molecular complexity index is 802. The number of hydrogen-bond donors (Lipinski definition) is 3. The highest BCUT2D eigenvalue weighted by atomic mass is 16.6. The Hall–Kier alpha value is -3.10. The lowest BCUT2D eigenvalue weighted by Crippen LogP contribution is -2.56. The van der Waals surface area contributed by atoms with Gasteiger partial charge < -0.3 is 26.0 Å². The first-order valence-electron chi connectivity index (χ1n) is 10.7. The summed E-state index contributed by atoms with van der Waals surface area (Å²) >= 11 is 0. The lowest BCUT2D eigenvalue weighted by atomic mass is 10.00. The number of primary amides is 1. The summed E-state index contributed by atoms with van der Waals surface area (Å²) in [6.45, 7) is 12.2. The molecule has 0 aliphatic carbocycles. The van der Waals surface area contributed by atoms with Gasteiger partial charge in [-0.3, -0.25) is 14.4 Å². The molecule has 2 unspecified atom stereocenters. The zero-order chi connectivity index (χ0) is 24.6. The van der Waals surface area contributed by atoms with Gasteiger partial charge in [0.25, 0.3) is 0 Å². The van der Waals surface area contributed by atoms with E-state index in [1.54, 1.807) is 58.9 Å². The normalized spacial score (nSPS) is 13.3. The van der Waals surface area contributed by atoms with Gasteiger partial charge in [-0.2, -0.15) is 0 Å². The highest BCUT2D eigenvalue weighted by Crippen LogP contribution is 2.25. The largest absolute Gasteiger partial charge is 0.444 e. The molecule has 0 aliphatic heterocycles. The summed E-state index contributed by atoms with van der Waals surface area (Å²) in [5.41, 5.74) is 5.14. The van der Waals surface area contributed by atoms with Crippen molar-refractivity contribution < 1.29 is 23.9 Å². The molecule has 2 atom stereocenters. The topological polar surface area (TPSA) is 131 Å². The first-order valence-corrected chi connectivity index (χ1v) is 10.7. The van der Waals surface area contributed by atoms with Gasteiger partial charge in [0.05, 0.1) is 6.42 Å². The van der Waals surface area contributed by atoms with Crippen LogP contribution in [0.25, 0.3) is 0 Å². The minimum Gasteiger partial charge on any atom is -0.444 e. The van der Waals surface area contributed by atoms with E-state index in [9.17, 15) is 19.2 Å². The van der Waals surface area contributed by atoms with E-state index in [-0.39, 0.29) is 11.9 Å². The Morgan fingerprint density at radius 1 is 1.00 bits per heavy atom. The Labute approximate surface area is 190 Å². The molecule has 1 aromatic rings. The molecule has 0 bridgehead atoms. The van der Waals surface area contributed by atoms with Crippen LogP contribution in [0.2, 0.25) is 0 Å². The molecule has 0 spiro atoms. The number of carbonyl (C=O) groups excluding carboxylic acids is 4. The molecule has 0 saturated carbocycles. The quantitative estimate of drug-likeness (QED) is 0.533. The number of nitrogens with zero attached hydrogens (tertiary/aromatic N) is 1. The number of ether oxygens (including phenoxy) is 1. The van der Waals surface area contributed by atoms with E-state index in [4.69, 9.17) is 10.5 Å². The molecule has 4 amide bonds. The lowest BCUT2D eigenvalue weighted by Gasteiger charge is -2.37. The Balaban J connectivity index is 3.38. The summed E-state index contributed by atoms with van der Waals surface area (Å²) in [7, 11) is 0.